The molecule has 0 saturated heterocycles. The molecule has 34 heavy (non-hydrogen) atoms. The van der Waals surface area contributed by atoms with Crippen molar-refractivity contribution in [2.75, 3.05) is 30.4 Å². The maximum atomic E-state index is 13.7. The molecule has 0 atom stereocenters. The van der Waals surface area contributed by atoms with Crippen LogP contribution in [0.2, 0.25) is 0 Å². The molecule has 9 nitrogen and oxygen atoms in total. The van der Waals surface area contributed by atoms with E-state index >= 15 is 0 Å². The van der Waals surface area contributed by atoms with E-state index < -0.39 is 22.5 Å². The molecule has 0 unspecified atom stereocenters. The molecular weight excluding hydrogens is 456 g/mol. The first-order valence-electron chi connectivity index (χ1n) is 10.7. The largest absolute Gasteiger partial charge is 0.493 e. The summed E-state index contributed by atoms with van der Waals surface area (Å²) >= 11 is 0. The molecule has 182 valence electrons. The van der Waals surface area contributed by atoms with Crippen LogP contribution < -0.4 is 19.1 Å². The number of aromatic nitrogens is 2. The minimum Gasteiger partial charge on any atom is -0.493 e. The zero-order chi connectivity index (χ0) is 25.0. The van der Waals surface area contributed by atoms with Crippen LogP contribution in [0.1, 0.15) is 36.7 Å². The van der Waals surface area contributed by atoms with Crippen LogP contribution in [0.5, 0.6) is 11.5 Å². The van der Waals surface area contributed by atoms with E-state index in [2.05, 4.69) is 29.4 Å². The topological polar surface area (TPSA) is 114 Å². The number of nitrogens with one attached hydrogen (secondary N) is 2. The Labute approximate surface area is 200 Å². The first-order valence-corrected chi connectivity index (χ1v) is 12.2. The molecule has 0 saturated carbocycles. The molecular formula is C24H30N4O5S. The number of amides is 1. The number of sulfonamides is 1. The second-order valence-electron chi connectivity index (χ2n) is 8.14. The molecule has 0 aliphatic carbocycles. The number of anilines is 2. The molecule has 0 fully saturated rings. The molecule has 0 radical (unpaired) electrons. The molecule has 0 aliphatic rings. The van der Waals surface area contributed by atoms with E-state index in [1.807, 2.05) is 12.1 Å². The minimum atomic E-state index is -4.08. The molecule has 1 aromatic heterocycles. The summed E-state index contributed by atoms with van der Waals surface area (Å²) in [5, 5.41) is 9.47. The Morgan fingerprint density at radius 3 is 2.24 bits per heavy atom. The molecule has 10 heteroatoms. The summed E-state index contributed by atoms with van der Waals surface area (Å²) < 4.78 is 38.9. The fourth-order valence-corrected chi connectivity index (χ4v) is 5.37. The van der Waals surface area contributed by atoms with Gasteiger partial charge in [0.05, 0.1) is 31.3 Å². The summed E-state index contributed by atoms with van der Waals surface area (Å²) in [5.41, 5.74) is 2.63. The van der Waals surface area contributed by atoms with Gasteiger partial charge in [0.1, 0.15) is 11.4 Å². The van der Waals surface area contributed by atoms with Crippen LogP contribution in [0.25, 0.3) is 0 Å². The van der Waals surface area contributed by atoms with Gasteiger partial charge in [-0.15, -0.1) is 0 Å². The van der Waals surface area contributed by atoms with Crippen LogP contribution in [0.4, 0.5) is 11.4 Å². The highest BCUT2D eigenvalue weighted by Crippen LogP contribution is 2.31. The molecule has 0 spiro atoms. The van der Waals surface area contributed by atoms with Gasteiger partial charge in [0, 0.05) is 11.8 Å². The lowest BCUT2D eigenvalue weighted by atomic mass is 10.0. The maximum absolute atomic E-state index is 13.7. The second-order valence-corrected chi connectivity index (χ2v) is 9.94. The monoisotopic (exact) mass is 486 g/mol. The van der Waals surface area contributed by atoms with Crippen LogP contribution in [-0.4, -0.2) is 45.3 Å². The van der Waals surface area contributed by atoms with Gasteiger partial charge in [0.15, 0.2) is 11.5 Å². The van der Waals surface area contributed by atoms with Gasteiger partial charge >= 0.3 is 0 Å². The third-order valence-corrected chi connectivity index (χ3v) is 7.45. The number of aromatic amines is 1. The van der Waals surface area contributed by atoms with Gasteiger partial charge in [-0.1, -0.05) is 26.0 Å². The van der Waals surface area contributed by atoms with Crippen molar-refractivity contribution in [2.45, 2.75) is 38.5 Å². The lowest BCUT2D eigenvalue weighted by molar-refractivity contribution is -0.114. The predicted octanol–water partition coefficient (Wildman–Crippen LogP) is 4.00. The number of carbonyl (C=O) groups excluding carboxylic acids is 1. The van der Waals surface area contributed by atoms with Gasteiger partial charge < -0.3 is 14.8 Å². The van der Waals surface area contributed by atoms with Crippen molar-refractivity contribution in [3.05, 3.63) is 59.4 Å². The Morgan fingerprint density at radius 1 is 1.06 bits per heavy atom. The Kier molecular flexibility index (Phi) is 7.51. The number of H-pyrrole nitrogens is 1. The zero-order valence-corrected chi connectivity index (χ0v) is 21.0. The van der Waals surface area contributed by atoms with Gasteiger partial charge in [-0.05, 0) is 49.6 Å². The SMILES string of the molecule is COc1ccc(NC(=O)CN(c2ccc(C(C)C)cc2)S(=O)(=O)c2c(C)n[nH]c2C)cc1OC. The van der Waals surface area contributed by atoms with Crippen molar-refractivity contribution >= 4 is 27.3 Å². The van der Waals surface area contributed by atoms with Crippen molar-refractivity contribution in [2.24, 2.45) is 0 Å². The lowest BCUT2D eigenvalue weighted by Crippen LogP contribution is -2.38. The second kappa shape index (κ2) is 10.2. The van der Waals surface area contributed by atoms with Gasteiger partial charge in [-0.25, -0.2) is 8.42 Å². The number of rotatable bonds is 9. The Balaban J connectivity index is 1.96. The van der Waals surface area contributed by atoms with Crippen molar-refractivity contribution in [1.29, 1.82) is 0 Å². The lowest BCUT2D eigenvalue weighted by Gasteiger charge is -2.24. The summed E-state index contributed by atoms with van der Waals surface area (Å²) in [4.78, 5) is 13.1. The summed E-state index contributed by atoms with van der Waals surface area (Å²) in [7, 11) is -1.07. The molecule has 1 amide bonds. The van der Waals surface area contributed by atoms with Crippen LogP contribution in [0, 0.1) is 13.8 Å². The summed E-state index contributed by atoms with van der Waals surface area (Å²) in [6.07, 6.45) is 0. The van der Waals surface area contributed by atoms with E-state index in [0.29, 0.717) is 34.3 Å². The van der Waals surface area contributed by atoms with Gasteiger partial charge in [-0.3, -0.25) is 14.2 Å². The Hall–Kier alpha value is -3.53. The zero-order valence-electron chi connectivity index (χ0n) is 20.2. The average molecular weight is 487 g/mol. The van der Waals surface area contributed by atoms with Crippen molar-refractivity contribution in [3.8, 4) is 11.5 Å². The molecule has 0 bridgehead atoms. The normalized spacial score (nSPS) is 11.4. The van der Waals surface area contributed by atoms with Gasteiger partial charge in [0.25, 0.3) is 10.0 Å². The molecule has 3 rings (SSSR count). The third-order valence-electron chi connectivity index (χ3n) is 5.41. The highest BCUT2D eigenvalue weighted by molar-refractivity contribution is 7.93. The molecule has 1 heterocycles. The van der Waals surface area contributed by atoms with Crippen molar-refractivity contribution in [3.63, 3.8) is 0 Å². The van der Waals surface area contributed by atoms with E-state index in [4.69, 9.17) is 9.47 Å². The van der Waals surface area contributed by atoms with E-state index in [1.165, 1.54) is 14.2 Å². The van der Waals surface area contributed by atoms with Gasteiger partial charge in [0.2, 0.25) is 5.91 Å². The quantitative estimate of drug-likeness (QED) is 0.473. The summed E-state index contributed by atoms with van der Waals surface area (Å²) in [6.45, 7) is 6.93. The summed E-state index contributed by atoms with van der Waals surface area (Å²) in [5.74, 6) is 0.730. The number of aryl methyl sites for hydroxylation is 2. The fourth-order valence-electron chi connectivity index (χ4n) is 3.62. The molecule has 2 aromatic carbocycles. The highest BCUT2D eigenvalue weighted by Gasteiger charge is 2.31. The van der Waals surface area contributed by atoms with Crippen LogP contribution >= 0.6 is 0 Å². The molecule has 3 aromatic rings. The summed E-state index contributed by atoms with van der Waals surface area (Å²) in [6, 6.07) is 12.1. The van der Waals surface area contributed by atoms with Gasteiger partial charge in [-0.2, -0.15) is 5.10 Å². The molecule has 2 N–H and O–H groups in total. The van der Waals surface area contributed by atoms with E-state index in [9.17, 15) is 13.2 Å². The number of benzene rings is 2. The maximum Gasteiger partial charge on any atom is 0.268 e. The minimum absolute atomic E-state index is 0.0550. The fraction of sp³-hybridized carbons (Fsp3) is 0.333. The molecule has 0 aliphatic heterocycles. The standard InChI is InChI=1S/C24H30N4O5S/c1-15(2)18-7-10-20(11-8-18)28(34(30,31)24-16(3)26-27-17(24)4)14-23(29)25-19-9-12-21(32-5)22(13-19)33-6/h7-13,15H,14H2,1-6H3,(H,25,29)(H,26,27). The number of carbonyl (C=O) groups is 1. The highest BCUT2D eigenvalue weighted by atomic mass is 32.2. The number of hydrogen-bond acceptors (Lipinski definition) is 6. The van der Waals surface area contributed by atoms with E-state index in [-0.39, 0.29) is 10.8 Å². The third kappa shape index (κ3) is 5.17. The average Bonchev–Trinajstić information content (AvgIpc) is 3.15. The van der Waals surface area contributed by atoms with E-state index in [0.717, 1.165) is 9.87 Å². The van der Waals surface area contributed by atoms with Crippen LogP contribution in [0.3, 0.4) is 0 Å². The number of hydrogen-bond donors (Lipinski definition) is 2. The van der Waals surface area contributed by atoms with Crippen LogP contribution in [0.15, 0.2) is 47.4 Å². The van der Waals surface area contributed by atoms with Crippen molar-refractivity contribution in [1.82, 2.24) is 10.2 Å². The first kappa shape index (κ1) is 25.1. The number of nitrogens with zero attached hydrogens (tertiary/aromatic N) is 2. The Morgan fingerprint density at radius 2 is 1.71 bits per heavy atom. The van der Waals surface area contributed by atoms with E-state index in [1.54, 1.807) is 44.2 Å². The first-order chi connectivity index (χ1) is 16.1. The van der Waals surface area contributed by atoms with Crippen molar-refractivity contribution < 1.29 is 22.7 Å². The Bertz CT molecular complexity index is 1250. The predicted molar refractivity (Wildman–Crippen MR) is 131 cm³/mol. The number of methoxy groups -OCH3 is 2. The number of ether oxygens (including phenoxy) is 2. The van der Waals surface area contributed by atoms with Crippen LogP contribution in [-0.2, 0) is 14.8 Å². The smallest absolute Gasteiger partial charge is 0.268 e.